The molecule has 2 heterocycles. The Hall–Kier alpha value is -2.24. The van der Waals surface area contributed by atoms with Gasteiger partial charge in [-0.15, -0.1) is 11.3 Å². The van der Waals surface area contributed by atoms with E-state index in [1.807, 2.05) is 6.07 Å². The molecular formula is C26H31N3OS. The standard InChI is InChI=1S/C26H31N3OS/c30-25(27-20-14-16-29(17-15-20)18-19-8-2-1-3-9-19)21-10-4-5-11-22(21)26-28-23-12-6-7-13-24(23)31-26/h1-3,6-9,12-13,20-22H,4-5,10-11,14-18H2,(H,27,30). The van der Waals surface area contributed by atoms with Crippen LogP contribution < -0.4 is 5.32 Å². The lowest BCUT2D eigenvalue weighted by Gasteiger charge is -2.35. The number of fused-ring (bicyclic) bond motifs is 1. The maximum atomic E-state index is 13.3. The number of hydrogen-bond acceptors (Lipinski definition) is 4. The number of thiazole rings is 1. The summed E-state index contributed by atoms with van der Waals surface area (Å²) >= 11 is 1.77. The predicted molar refractivity (Wildman–Crippen MR) is 127 cm³/mol. The number of rotatable bonds is 5. The average molecular weight is 434 g/mol. The maximum absolute atomic E-state index is 13.3. The van der Waals surface area contributed by atoms with E-state index in [0.29, 0.717) is 6.04 Å². The summed E-state index contributed by atoms with van der Waals surface area (Å²) in [5, 5.41) is 4.57. The normalized spacial score (nSPS) is 23.1. The first-order valence-corrected chi connectivity index (χ1v) is 12.5. The van der Waals surface area contributed by atoms with Crippen molar-refractivity contribution in [2.24, 2.45) is 5.92 Å². The molecule has 4 nitrogen and oxygen atoms in total. The van der Waals surface area contributed by atoms with Crippen molar-refractivity contribution in [2.75, 3.05) is 13.1 Å². The van der Waals surface area contributed by atoms with E-state index in [0.717, 1.165) is 62.3 Å². The van der Waals surface area contributed by atoms with Crippen molar-refractivity contribution < 1.29 is 4.79 Å². The molecule has 2 aromatic carbocycles. The molecule has 2 unspecified atom stereocenters. The number of likely N-dealkylation sites (tertiary alicyclic amines) is 1. The number of piperidine rings is 1. The fourth-order valence-electron chi connectivity index (χ4n) is 5.17. The smallest absolute Gasteiger partial charge is 0.224 e. The molecule has 1 aliphatic carbocycles. The van der Waals surface area contributed by atoms with Crippen molar-refractivity contribution in [3.8, 4) is 0 Å². The maximum Gasteiger partial charge on any atom is 0.224 e. The number of aromatic nitrogens is 1. The second-order valence-corrected chi connectivity index (χ2v) is 10.1. The van der Waals surface area contributed by atoms with Gasteiger partial charge in [-0.2, -0.15) is 0 Å². The molecule has 1 amide bonds. The van der Waals surface area contributed by atoms with E-state index in [-0.39, 0.29) is 17.7 Å². The molecule has 31 heavy (non-hydrogen) atoms. The lowest BCUT2D eigenvalue weighted by Crippen LogP contribution is -2.47. The van der Waals surface area contributed by atoms with E-state index in [9.17, 15) is 4.79 Å². The van der Waals surface area contributed by atoms with Crippen LogP contribution in [0.25, 0.3) is 10.2 Å². The first-order chi connectivity index (χ1) is 15.3. The lowest BCUT2D eigenvalue weighted by molar-refractivity contribution is -0.127. The van der Waals surface area contributed by atoms with Crippen LogP contribution in [-0.2, 0) is 11.3 Å². The highest BCUT2D eigenvalue weighted by Crippen LogP contribution is 2.41. The summed E-state index contributed by atoms with van der Waals surface area (Å²) in [5.74, 6) is 0.589. The third kappa shape index (κ3) is 4.83. The van der Waals surface area contributed by atoms with Crippen LogP contribution in [0.3, 0.4) is 0 Å². The van der Waals surface area contributed by atoms with Gasteiger partial charge in [0.05, 0.1) is 15.2 Å². The van der Waals surface area contributed by atoms with Crippen molar-refractivity contribution >= 4 is 27.5 Å². The minimum Gasteiger partial charge on any atom is -0.353 e. The summed E-state index contributed by atoms with van der Waals surface area (Å²) in [5.41, 5.74) is 2.43. The Morgan fingerprint density at radius 3 is 2.52 bits per heavy atom. The predicted octanol–water partition coefficient (Wildman–Crippen LogP) is 5.35. The Morgan fingerprint density at radius 1 is 0.968 bits per heavy atom. The summed E-state index contributed by atoms with van der Waals surface area (Å²) in [6.45, 7) is 3.10. The first-order valence-electron chi connectivity index (χ1n) is 11.7. The largest absolute Gasteiger partial charge is 0.353 e. The van der Waals surface area contributed by atoms with Crippen LogP contribution in [-0.4, -0.2) is 34.9 Å². The van der Waals surface area contributed by atoms with Gasteiger partial charge in [-0.05, 0) is 43.4 Å². The Kier molecular flexibility index (Phi) is 6.32. The Balaban J connectivity index is 1.19. The van der Waals surface area contributed by atoms with Crippen LogP contribution in [0.15, 0.2) is 54.6 Å². The quantitative estimate of drug-likeness (QED) is 0.590. The number of para-hydroxylation sites is 1. The topological polar surface area (TPSA) is 45.2 Å². The van der Waals surface area contributed by atoms with Gasteiger partial charge < -0.3 is 5.32 Å². The van der Waals surface area contributed by atoms with Gasteiger partial charge in [0.1, 0.15) is 0 Å². The fraction of sp³-hybridized carbons (Fsp3) is 0.462. The minimum atomic E-state index is 0.0664. The molecule has 2 aliphatic rings. The van der Waals surface area contributed by atoms with Gasteiger partial charge >= 0.3 is 0 Å². The third-order valence-corrected chi connectivity index (χ3v) is 8.08. The molecule has 3 aromatic rings. The van der Waals surface area contributed by atoms with Crippen LogP contribution in [0.4, 0.5) is 0 Å². The van der Waals surface area contributed by atoms with Crippen LogP contribution in [0.2, 0.25) is 0 Å². The van der Waals surface area contributed by atoms with Crippen LogP contribution >= 0.6 is 11.3 Å². The number of carbonyl (C=O) groups is 1. The number of hydrogen-bond donors (Lipinski definition) is 1. The average Bonchev–Trinajstić information content (AvgIpc) is 3.25. The summed E-state index contributed by atoms with van der Waals surface area (Å²) in [4.78, 5) is 20.7. The molecule has 5 rings (SSSR count). The highest BCUT2D eigenvalue weighted by atomic mass is 32.1. The summed E-state index contributed by atoms with van der Waals surface area (Å²) in [6.07, 6.45) is 6.48. The molecule has 0 bridgehead atoms. The number of nitrogens with zero attached hydrogens (tertiary/aromatic N) is 2. The lowest BCUT2D eigenvalue weighted by atomic mass is 9.78. The molecule has 1 aromatic heterocycles. The van der Waals surface area contributed by atoms with Gasteiger partial charge in [0.15, 0.2) is 0 Å². The Labute approximate surface area is 188 Å². The van der Waals surface area contributed by atoms with E-state index < -0.39 is 0 Å². The summed E-state index contributed by atoms with van der Waals surface area (Å²) in [6, 6.07) is 19.3. The molecule has 1 saturated heterocycles. The number of benzene rings is 2. The molecule has 0 radical (unpaired) electrons. The second-order valence-electron chi connectivity index (χ2n) is 9.06. The first kappa shape index (κ1) is 20.7. The van der Waals surface area contributed by atoms with Gasteiger partial charge in [-0.1, -0.05) is 55.3 Å². The number of amides is 1. The molecule has 1 N–H and O–H groups in total. The Morgan fingerprint density at radius 2 is 1.71 bits per heavy atom. The molecule has 1 aliphatic heterocycles. The third-order valence-electron chi connectivity index (χ3n) is 6.91. The molecule has 5 heteroatoms. The molecule has 2 atom stereocenters. The van der Waals surface area contributed by atoms with Crippen LogP contribution in [0.5, 0.6) is 0 Å². The SMILES string of the molecule is O=C(NC1CCN(Cc2ccccc2)CC1)C1CCCCC1c1nc2ccccc2s1. The second kappa shape index (κ2) is 9.49. The van der Waals surface area contributed by atoms with Crippen molar-refractivity contribution in [3.05, 3.63) is 65.2 Å². The molecule has 1 saturated carbocycles. The van der Waals surface area contributed by atoms with Gasteiger partial charge in [0.25, 0.3) is 0 Å². The number of nitrogens with one attached hydrogen (secondary N) is 1. The monoisotopic (exact) mass is 433 g/mol. The van der Waals surface area contributed by atoms with E-state index in [4.69, 9.17) is 4.98 Å². The van der Waals surface area contributed by atoms with Crippen molar-refractivity contribution in [1.29, 1.82) is 0 Å². The zero-order valence-corrected chi connectivity index (χ0v) is 18.8. The van der Waals surface area contributed by atoms with Gasteiger partial charge in [0.2, 0.25) is 5.91 Å². The minimum absolute atomic E-state index is 0.0664. The molecular weight excluding hydrogens is 402 g/mol. The fourth-order valence-corrected chi connectivity index (χ4v) is 6.34. The zero-order chi connectivity index (χ0) is 21.0. The van der Waals surface area contributed by atoms with Crippen LogP contribution in [0.1, 0.15) is 55.0 Å². The van der Waals surface area contributed by atoms with E-state index in [1.165, 1.54) is 16.7 Å². The Bertz CT molecular complexity index is 977. The zero-order valence-electron chi connectivity index (χ0n) is 18.0. The number of carbonyl (C=O) groups excluding carboxylic acids is 1. The summed E-state index contributed by atoms with van der Waals surface area (Å²) < 4.78 is 1.23. The van der Waals surface area contributed by atoms with E-state index in [2.05, 4.69) is 58.7 Å². The summed E-state index contributed by atoms with van der Waals surface area (Å²) in [7, 11) is 0. The van der Waals surface area contributed by atoms with Crippen molar-refractivity contribution in [1.82, 2.24) is 15.2 Å². The highest BCUT2D eigenvalue weighted by Gasteiger charge is 2.35. The highest BCUT2D eigenvalue weighted by molar-refractivity contribution is 7.18. The van der Waals surface area contributed by atoms with E-state index >= 15 is 0 Å². The van der Waals surface area contributed by atoms with Crippen LogP contribution in [0, 0.1) is 5.92 Å². The van der Waals surface area contributed by atoms with Gasteiger partial charge in [-0.25, -0.2) is 4.98 Å². The van der Waals surface area contributed by atoms with Gasteiger partial charge in [-0.3, -0.25) is 9.69 Å². The molecule has 162 valence electrons. The molecule has 2 fully saturated rings. The van der Waals surface area contributed by atoms with Crippen molar-refractivity contribution in [3.63, 3.8) is 0 Å². The molecule has 0 spiro atoms. The van der Waals surface area contributed by atoms with Crippen molar-refractivity contribution in [2.45, 2.75) is 57.0 Å². The van der Waals surface area contributed by atoms with Gasteiger partial charge in [0, 0.05) is 37.5 Å². The van der Waals surface area contributed by atoms with E-state index in [1.54, 1.807) is 11.3 Å².